The molecule has 0 amide bonds. The molecule has 0 saturated carbocycles. The minimum absolute atomic E-state index is 0.153. The van der Waals surface area contributed by atoms with Gasteiger partial charge in [0.25, 0.3) is 0 Å². The van der Waals surface area contributed by atoms with Gasteiger partial charge in [-0.15, -0.1) is 22.9 Å². The molecule has 3 rings (SSSR count). The number of thiophene rings is 1. The summed E-state index contributed by atoms with van der Waals surface area (Å²) in [5, 5.41) is 0.562. The number of hydrogen-bond acceptors (Lipinski definition) is 2. The SMILES string of the molecule is Cc1ccc(C(C)n2c(C(C)Cl)nc3ccc(Cl)cc32)s1. The summed E-state index contributed by atoms with van der Waals surface area (Å²) in [6, 6.07) is 10.3. The highest BCUT2D eigenvalue weighted by Gasteiger charge is 2.21. The Labute approximate surface area is 138 Å². The molecule has 110 valence electrons. The van der Waals surface area contributed by atoms with Crippen LogP contribution in [-0.4, -0.2) is 9.55 Å². The van der Waals surface area contributed by atoms with Crippen molar-refractivity contribution in [2.45, 2.75) is 32.2 Å². The Morgan fingerprint density at radius 3 is 2.57 bits per heavy atom. The van der Waals surface area contributed by atoms with E-state index in [4.69, 9.17) is 23.2 Å². The smallest absolute Gasteiger partial charge is 0.128 e. The Morgan fingerprint density at radius 2 is 1.95 bits per heavy atom. The van der Waals surface area contributed by atoms with Crippen molar-refractivity contribution in [2.24, 2.45) is 0 Å². The fourth-order valence-electron chi connectivity index (χ4n) is 2.58. The van der Waals surface area contributed by atoms with Crippen LogP contribution in [-0.2, 0) is 0 Å². The van der Waals surface area contributed by atoms with E-state index in [0.717, 1.165) is 16.9 Å². The van der Waals surface area contributed by atoms with Gasteiger partial charge in [0.05, 0.1) is 22.5 Å². The average Bonchev–Trinajstić information content (AvgIpc) is 3.01. The molecule has 0 fully saturated rings. The van der Waals surface area contributed by atoms with Crippen molar-refractivity contribution >= 4 is 45.6 Å². The lowest BCUT2D eigenvalue weighted by Gasteiger charge is -2.17. The van der Waals surface area contributed by atoms with Gasteiger partial charge in [-0.05, 0) is 51.1 Å². The maximum absolute atomic E-state index is 6.34. The first-order valence-electron chi connectivity index (χ1n) is 6.85. The van der Waals surface area contributed by atoms with Crippen LogP contribution in [0, 0.1) is 6.92 Å². The highest BCUT2D eigenvalue weighted by Crippen LogP contribution is 2.34. The van der Waals surface area contributed by atoms with E-state index in [2.05, 4.69) is 35.5 Å². The Bertz CT molecular complexity index is 789. The molecule has 2 atom stereocenters. The lowest BCUT2D eigenvalue weighted by Crippen LogP contribution is -2.10. The van der Waals surface area contributed by atoms with E-state index in [1.165, 1.54) is 9.75 Å². The molecule has 0 N–H and O–H groups in total. The topological polar surface area (TPSA) is 17.8 Å². The van der Waals surface area contributed by atoms with E-state index >= 15 is 0 Å². The normalized spacial score (nSPS) is 14.5. The van der Waals surface area contributed by atoms with Crippen molar-refractivity contribution in [3.8, 4) is 0 Å². The highest BCUT2D eigenvalue weighted by atomic mass is 35.5. The van der Waals surface area contributed by atoms with E-state index < -0.39 is 0 Å². The number of alkyl halides is 1. The predicted molar refractivity (Wildman–Crippen MR) is 91.9 cm³/mol. The summed E-state index contributed by atoms with van der Waals surface area (Å²) in [5.41, 5.74) is 1.96. The molecule has 5 heteroatoms. The summed E-state index contributed by atoms with van der Waals surface area (Å²) in [7, 11) is 0. The van der Waals surface area contributed by atoms with Gasteiger partial charge in [0.2, 0.25) is 0 Å². The Balaban J connectivity index is 2.23. The van der Waals surface area contributed by atoms with Gasteiger partial charge < -0.3 is 4.57 Å². The zero-order chi connectivity index (χ0) is 15.1. The third-order valence-corrected chi connectivity index (χ3v) is 5.20. The zero-order valence-corrected chi connectivity index (χ0v) is 14.4. The largest absolute Gasteiger partial charge is 0.319 e. The second-order valence-electron chi connectivity index (χ2n) is 5.21. The van der Waals surface area contributed by atoms with E-state index in [1.54, 1.807) is 11.3 Å². The number of hydrogen-bond donors (Lipinski definition) is 0. The summed E-state index contributed by atoms with van der Waals surface area (Å²) in [6.45, 7) is 6.25. The van der Waals surface area contributed by atoms with Crippen LogP contribution in [0.3, 0.4) is 0 Å². The molecule has 2 aromatic heterocycles. The van der Waals surface area contributed by atoms with Gasteiger partial charge in [0.1, 0.15) is 5.82 Å². The zero-order valence-electron chi connectivity index (χ0n) is 12.1. The lowest BCUT2D eigenvalue weighted by atomic mass is 10.2. The van der Waals surface area contributed by atoms with Gasteiger partial charge in [-0.25, -0.2) is 4.98 Å². The van der Waals surface area contributed by atoms with E-state index in [9.17, 15) is 0 Å². The van der Waals surface area contributed by atoms with Crippen molar-refractivity contribution in [3.05, 3.63) is 50.9 Å². The third kappa shape index (κ3) is 2.70. The highest BCUT2D eigenvalue weighted by molar-refractivity contribution is 7.12. The summed E-state index contributed by atoms with van der Waals surface area (Å²) >= 11 is 14.3. The molecule has 2 unspecified atom stereocenters. The number of aryl methyl sites for hydroxylation is 1. The Kier molecular flexibility index (Phi) is 4.00. The molecule has 0 aliphatic carbocycles. The van der Waals surface area contributed by atoms with Crippen molar-refractivity contribution in [1.82, 2.24) is 9.55 Å². The Hall–Kier alpha value is -1.03. The van der Waals surface area contributed by atoms with Gasteiger partial charge in [-0.1, -0.05) is 11.6 Å². The first-order valence-corrected chi connectivity index (χ1v) is 8.48. The van der Waals surface area contributed by atoms with Crippen LogP contribution in [0.1, 0.15) is 40.8 Å². The van der Waals surface area contributed by atoms with Gasteiger partial charge in [0.15, 0.2) is 0 Å². The molecule has 0 aliphatic heterocycles. The summed E-state index contributed by atoms with van der Waals surface area (Å²) in [4.78, 5) is 7.29. The molecule has 2 nitrogen and oxygen atoms in total. The molecule has 2 heterocycles. The molecule has 21 heavy (non-hydrogen) atoms. The third-order valence-electron chi connectivity index (χ3n) is 3.59. The molecular formula is C16H16Cl2N2S. The molecule has 0 radical (unpaired) electrons. The van der Waals surface area contributed by atoms with Gasteiger partial charge >= 0.3 is 0 Å². The number of aromatic nitrogens is 2. The van der Waals surface area contributed by atoms with E-state index in [0.29, 0.717) is 5.02 Å². The molecule has 0 spiro atoms. The number of benzene rings is 1. The predicted octanol–water partition coefficient (Wildman–Crippen LogP) is 5.97. The summed E-state index contributed by atoms with van der Waals surface area (Å²) in [6.07, 6.45) is 0. The van der Waals surface area contributed by atoms with Crippen molar-refractivity contribution in [3.63, 3.8) is 0 Å². The van der Waals surface area contributed by atoms with Gasteiger partial charge in [-0.2, -0.15) is 0 Å². The molecule has 0 saturated heterocycles. The minimum Gasteiger partial charge on any atom is -0.319 e. The number of nitrogens with zero attached hydrogens (tertiary/aromatic N) is 2. The standard InChI is InChI=1S/C16H16Cl2N2S/c1-9-4-7-15(21-9)11(3)20-14-8-12(18)5-6-13(14)19-16(20)10(2)17/h4-8,10-11H,1-3H3. The van der Waals surface area contributed by atoms with Crippen LogP contribution in [0.2, 0.25) is 5.02 Å². The van der Waals surface area contributed by atoms with Crippen molar-refractivity contribution < 1.29 is 0 Å². The second kappa shape index (κ2) is 5.64. The monoisotopic (exact) mass is 338 g/mol. The molecule has 0 aliphatic rings. The lowest BCUT2D eigenvalue weighted by molar-refractivity contribution is 0.628. The molecular weight excluding hydrogens is 323 g/mol. The first kappa shape index (κ1) is 14.9. The second-order valence-corrected chi connectivity index (χ2v) is 7.62. The van der Waals surface area contributed by atoms with Crippen molar-refractivity contribution in [2.75, 3.05) is 0 Å². The van der Waals surface area contributed by atoms with Gasteiger partial charge in [-0.3, -0.25) is 0 Å². The number of fused-ring (bicyclic) bond motifs is 1. The van der Waals surface area contributed by atoms with Crippen LogP contribution < -0.4 is 0 Å². The van der Waals surface area contributed by atoms with Crippen LogP contribution in [0.15, 0.2) is 30.3 Å². The number of rotatable bonds is 3. The van der Waals surface area contributed by atoms with Crippen LogP contribution in [0.4, 0.5) is 0 Å². The van der Waals surface area contributed by atoms with Crippen LogP contribution in [0.5, 0.6) is 0 Å². The molecule has 3 aromatic rings. The number of imidazole rings is 1. The number of halogens is 2. The maximum Gasteiger partial charge on any atom is 0.128 e. The first-order chi connectivity index (χ1) is 9.97. The fourth-order valence-corrected chi connectivity index (χ4v) is 3.82. The Morgan fingerprint density at radius 1 is 1.19 bits per heavy atom. The molecule has 0 bridgehead atoms. The van der Waals surface area contributed by atoms with Crippen molar-refractivity contribution in [1.29, 1.82) is 0 Å². The van der Waals surface area contributed by atoms with Crippen LogP contribution in [0.25, 0.3) is 11.0 Å². The summed E-state index contributed by atoms with van der Waals surface area (Å²) in [5.74, 6) is 0.882. The van der Waals surface area contributed by atoms with E-state index in [-0.39, 0.29) is 11.4 Å². The quantitative estimate of drug-likeness (QED) is 0.538. The summed E-state index contributed by atoms with van der Waals surface area (Å²) < 4.78 is 2.20. The molecule has 1 aromatic carbocycles. The fraction of sp³-hybridized carbons (Fsp3) is 0.312. The minimum atomic E-state index is -0.153. The van der Waals surface area contributed by atoms with Crippen LogP contribution >= 0.6 is 34.5 Å². The average molecular weight is 339 g/mol. The van der Waals surface area contributed by atoms with Gasteiger partial charge in [0, 0.05) is 14.8 Å². The maximum atomic E-state index is 6.34. The van der Waals surface area contributed by atoms with E-state index in [1.807, 2.05) is 25.1 Å².